The van der Waals surface area contributed by atoms with Gasteiger partial charge in [0.2, 0.25) is 5.76 Å². The minimum Gasteiger partial charge on any atom is -0.493 e. The van der Waals surface area contributed by atoms with Crippen LogP contribution in [-0.2, 0) is 11.4 Å². The van der Waals surface area contributed by atoms with Crippen LogP contribution in [0, 0.1) is 0 Å². The summed E-state index contributed by atoms with van der Waals surface area (Å²) >= 11 is 0.867. The predicted molar refractivity (Wildman–Crippen MR) is 118 cm³/mol. The van der Waals surface area contributed by atoms with Crippen molar-refractivity contribution in [3.05, 3.63) is 82.7 Å². The maximum absolute atomic E-state index is 12.8. The highest BCUT2D eigenvalue weighted by Crippen LogP contribution is 2.37. The number of imide groups is 1. The molecular formula is C23H17NO7S. The Morgan fingerprint density at radius 3 is 2.56 bits per heavy atom. The molecule has 0 radical (unpaired) electrons. The summed E-state index contributed by atoms with van der Waals surface area (Å²) in [6.45, 7) is 0.0128. The molecule has 1 saturated heterocycles. The SMILES string of the molecule is COc1cc(/C=C2\SC(=O)N(c3ccccc3)C2=O)ccc1OCc1ccc(C(=O)O)o1. The molecule has 0 spiro atoms. The van der Waals surface area contributed by atoms with Crippen molar-refractivity contribution >= 4 is 40.6 Å². The van der Waals surface area contributed by atoms with Crippen LogP contribution in [0.25, 0.3) is 6.08 Å². The topological polar surface area (TPSA) is 106 Å². The van der Waals surface area contributed by atoms with Gasteiger partial charge in [-0.3, -0.25) is 9.59 Å². The van der Waals surface area contributed by atoms with Crippen molar-refractivity contribution in [1.29, 1.82) is 0 Å². The smallest absolute Gasteiger partial charge is 0.371 e. The van der Waals surface area contributed by atoms with Gasteiger partial charge in [-0.1, -0.05) is 24.3 Å². The van der Waals surface area contributed by atoms with Crippen LogP contribution in [0.4, 0.5) is 10.5 Å². The number of rotatable bonds is 7. The average molecular weight is 451 g/mol. The fraction of sp³-hybridized carbons (Fsp3) is 0.0870. The molecule has 2 amide bonds. The van der Waals surface area contributed by atoms with Crippen molar-refractivity contribution in [3.63, 3.8) is 0 Å². The summed E-state index contributed by atoms with van der Waals surface area (Å²) in [7, 11) is 1.48. The highest BCUT2D eigenvalue weighted by Gasteiger charge is 2.36. The van der Waals surface area contributed by atoms with E-state index < -0.39 is 11.9 Å². The number of methoxy groups -OCH3 is 1. The molecule has 1 aliphatic heterocycles. The zero-order valence-corrected chi connectivity index (χ0v) is 17.6. The Labute approximate surface area is 187 Å². The van der Waals surface area contributed by atoms with Gasteiger partial charge in [0.15, 0.2) is 11.5 Å². The van der Waals surface area contributed by atoms with E-state index in [2.05, 4.69) is 0 Å². The van der Waals surface area contributed by atoms with Gasteiger partial charge in [0.25, 0.3) is 11.1 Å². The Morgan fingerprint density at radius 1 is 1.09 bits per heavy atom. The number of ether oxygens (including phenoxy) is 2. The molecule has 4 rings (SSSR count). The van der Waals surface area contributed by atoms with Crippen LogP contribution >= 0.6 is 11.8 Å². The third-order valence-corrected chi connectivity index (χ3v) is 5.41. The summed E-state index contributed by atoms with van der Waals surface area (Å²) in [4.78, 5) is 37.5. The lowest BCUT2D eigenvalue weighted by Gasteiger charge is -2.12. The Balaban J connectivity index is 1.51. The largest absolute Gasteiger partial charge is 0.493 e. The minimum atomic E-state index is -1.16. The highest BCUT2D eigenvalue weighted by molar-refractivity contribution is 8.19. The first-order chi connectivity index (χ1) is 15.5. The van der Waals surface area contributed by atoms with E-state index in [1.54, 1.807) is 48.5 Å². The van der Waals surface area contributed by atoms with Crippen LogP contribution in [0.15, 0.2) is 70.0 Å². The molecule has 0 bridgehead atoms. The van der Waals surface area contributed by atoms with Gasteiger partial charge in [-0.25, -0.2) is 9.69 Å². The molecule has 9 heteroatoms. The molecule has 1 aliphatic rings. The number of amides is 2. The lowest BCUT2D eigenvalue weighted by atomic mass is 10.2. The average Bonchev–Trinajstić information content (AvgIpc) is 3.38. The number of hydrogen-bond donors (Lipinski definition) is 1. The molecule has 1 fully saturated rings. The maximum Gasteiger partial charge on any atom is 0.371 e. The number of para-hydroxylation sites is 1. The van der Waals surface area contributed by atoms with Crippen LogP contribution in [0.3, 0.4) is 0 Å². The summed E-state index contributed by atoms with van der Waals surface area (Å²) in [5.74, 6) is -0.549. The summed E-state index contributed by atoms with van der Waals surface area (Å²) in [5.41, 5.74) is 1.17. The molecule has 0 saturated carbocycles. The van der Waals surface area contributed by atoms with Gasteiger partial charge in [0.1, 0.15) is 12.4 Å². The molecule has 1 N–H and O–H groups in total. The van der Waals surface area contributed by atoms with Crippen LogP contribution < -0.4 is 14.4 Å². The summed E-state index contributed by atoms with van der Waals surface area (Å²) in [6, 6.07) is 16.7. The van der Waals surface area contributed by atoms with Crippen LogP contribution in [0.5, 0.6) is 11.5 Å². The molecule has 8 nitrogen and oxygen atoms in total. The third kappa shape index (κ3) is 4.37. The Kier molecular flexibility index (Phi) is 6.00. The molecule has 2 heterocycles. The number of furan rings is 1. The number of anilines is 1. The van der Waals surface area contributed by atoms with Crippen molar-refractivity contribution in [2.75, 3.05) is 12.0 Å². The van der Waals surface area contributed by atoms with Crippen molar-refractivity contribution in [2.24, 2.45) is 0 Å². The fourth-order valence-corrected chi connectivity index (χ4v) is 3.87. The van der Waals surface area contributed by atoms with Gasteiger partial charge in [-0.15, -0.1) is 0 Å². The summed E-state index contributed by atoms with van der Waals surface area (Å²) < 4.78 is 16.2. The molecule has 3 aromatic rings. The van der Waals surface area contributed by atoms with E-state index in [-0.39, 0.29) is 17.6 Å². The van der Waals surface area contributed by atoms with Crippen molar-refractivity contribution < 1.29 is 33.4 Å². The number of thioether (sulfide) groups is 1. The van der Waals surface area contributed by atoms with E-state index in [9.17, 15) is 14.4 Å². The first-order valence-corrected chi connectivity index (χ1v) is 10.2. The molecule has 1 aromatic heterocycles. The summed E-state index contributed by atoms with van der Waals surface area (Å²) in [5, 5.41) is 8.56. The van der Waals surface area contributed by atoms with Gasteiger partial charge in [-0.05, 0) is 59.8 Å². The molecule has 0 atom stereocenters. The lowest BCUT2D eigenvalue weighted by Crippen LogP contribution is -2.27. The van der Waals surface area contributed by atoms with Gasteiger partial charge in [0.05, 0.1) is 17.7 Å². The third-order valence-electron chi connectivity index (χ3n) is 4.54. The molecule has 162 valence electrons. The van der Waals surface area contributed by atoms with Gasteiger partial charge in [0, 0.05) is 0 Å². The number of nitrogens with zero attached hydrogens (tertiary/aromatic N) is 1. The Bertz CT molecular complexity index is 1220. The summed E-state index contributed by atoms with van der Waals surface area (Å²) in [6.07, 6.45) is 1.62. The van der Waals surface area contributed by atoms with Gasteiger partial charge < -0.3 is 19.0 Å². The number of benzene rings is 2. The number of carboxylic acid groups (broad SMARTS) is 1. The maximum atomic E-state index is 12.8. The zero-order chi connectivity index (χ0) is 22.7. The predicted octanol–water partition coefficient (Wildman–Crippen LogP) is 4.81. The van der Waals surface area contributed by atoms with Crippen LogP contribution in [-0.4, -0.2) is 29.3 Å². The van der Waals surface area contributed by atoms with Crippen molar-refractivity contribution in [1.82, 2.24) is 0 Å². The fourth-order valence-electron chi connectivity index (χ4n) is 3.03. The van der Waals surface area contributed by atoms with E-state index in [4.69, 9.17) is 19.0 Å². The Hall–Kier alpha value is -3.98. The molecule has 32 heavy (non-hydrogen) atoms. The second-order valence-electron chi connectivity index (χ2n) is 6.62. The monoisotopic (exact) mass is 451 g/mol. The van der Waals surface area contributed by atoms with Gasteiger partial charge >= 0.3 is 5.97 Å². The first kappa shape index (κ1) is 21.3. The Morgan fingerprint density at radius 2 is 1.88 bits per heavy atom. The number of carbonyl (C=O) groups excluding carboxylic acids is 2. The van der Waals surface area contributed by atoms with Crippen LogP contribution in [0.1, 0.15) is 21.9 Å². The quantitative estimate of drug-likeness (QED) is 0.510. The molecule has 0 aliphatic carbocycles. The molecular weight excluding hydrogens is 434 g/mol. The van der Waals surface area contributed by atoms with E-state index in [0.29, 0.717) is 33.4 Å². The molecule has 0 unspecified atom stereocenters. The van der Waals surface area contributed by atoms with Crippen molar-refractivity contribution in [2.45, 2.75) is 6.61 Å². The zero-order valence-electron chi connectivity index (χ0n) is 16.8. The first-order valence-electron chi connectivity index (χ1n) is 9.42. The van der Waals surface area contributed by atoms with Crippen LogP contribution in [0.2, 0.25) is 0 Å². The van der Waals surface area contributed by atoms with E-state index in [1.807, 2.05) is 6.07 Å². The number of aromatic carboxylic acids is 1. The van der Waals surface area contributed by atoms with Crippen molar-refractivity contribution in [3.8, 4) is 11.5 Å². The normalized spacial score (nSPS) is 14.8. The minimum absolute atomic E-state index is 0.0128. The molecule has 2 aromatic carbocycles. The highest BCUT2D eigenvalue weighted by atomic mass is 32.2. The second kappa shape index (κ2) is 9.03. The standard InChI is InChI=1S/C23H17NO7S/c1-29-19-11-14(7-9-17(19)30-13-16-8-10-18(31-16)22(26)27)12-20-21(25)24(23(28)32-20)15-5-3-2-4-6-15/h2-12H,13H2,1H3,(H,26,27)/b20-12-. The van der Waals surface area contributed by atoms with Gasteiger partial charge in [-0.2, -0.15) is 0 Å². The second-order valence-corrected chi connectivity index (χ2v) is 7.62. The van der Waals surface area contributed by atoms with E-state index in [0.717, 1.165) is 16.7 Å². The van der Waals surface area contributed by atoms with E-state index >= 15 is 0 Å². The van der Waals surface area contributed by atoms with E-state index in [1.165, 1.54) is 19.2 Å². The number of carbonyl (C=O) groups is 3. The number of hydrogen-bond acceptors (Lipinski definition) is 7. The lowest BCUT2D eigenvalue weighted by molar-refractivity contribution is -0.113. The number of carboxylic acids is 1.